The summed E-state index contributed by atoms with van der Waals surface area (Å²) in [4.78, 5) is 36.1. The number of rotatable bonds is 1. The Kier molecular flexibility index (Phi) is 4.75. The molecule has 0 aromatic heterocycles. The second-order valence-electron chi connectivity index (χ2n) is 5.39. The smallest absolute Gasteiger partial charge is 0.410 e. The number of esters is 1. The van der Waals surface area contributed by atoms with Gasteiger partial charge in [-0.25, -0.2) is 9.59 Å². The predicted octanol–water partition coefficient (Wildman–Crippen LogP) is 1.18. The predicted molar refractivity (Wildman–Crippen MR) is 69.1 cm³/mol. The molecule has 1 aliphatic rings. The van der Waals surface area contributed by atoms with E-state index < -0.39 is 23.4 Å². The van der Waals surface area contributed by atoms with Gasteiger partial charge in [-0.1, -0.05) is 0 Å². The molecule has 0 aliphatic carbocycles. The van der Waals surface area contributed by atoms with Gasteiger partial charge in [-0.2, -0.15) is 0 Å². The second kappa shape index (κ2) is 5.94. The average Bonchev–Trinajstić information content (AvgIpc) is 2.35. The van der Waals surface area contributed by atoms with E-state index in [4.69, 9.17) is 4.74 Å². The average molecular weight is 285 g/mol. The van der Waals surface area contributed by atoms with Gasteiger partial charge in [-0.3, -0.25) is 4.79 Å². The van der Waals surface area contributed by atoms with Gasteiger partial charge in [0.05, 0.1) is 19.2 Å². The van der Waals surface area contributed by atoms with E-state index in [1.54, 1.807) is 20.8 Å². The number of likely N-dealkylation sites (tertiary alicyclic amines) is 1. The van der Waals surface area contributed by atoms with E-state index in [9.17, 15) is 19.5 Å². The monoisotopic (exact) mass is 285 g/mol. The van der Waals surface area contributed by atoms with Gasteiger partial charge in [0.15, 0.2) is 5.78 Å². The number of hydrogen-bond acceptors (Lipinski definition) is 6. The van der Waals surface area contributed by atoms with E-state index in [0.717, 1.165) is 7.11 Å². The van der Waals surface area contributed by atoms with Crippen molar-refractivity contribution in [2.75, 3.05) is 20.2 Å². The van der Waals surface area contributed by atoms with Crippen LogP contribution in [-0.4, -0.2) is 53.7 Å². The van der Waals surface area contributed by atoms with E-state index >= 15 is 0 Å². The quantitative estimate of drug-likeness (QED) is 0.442. The maximum atomic E-state index is 11.9. The van der Waals surface area contributed by atoms with Gasteiger partial charge in [0.25, 0.3) is 0 Å². The Hall–Kier alpha value is -2.05. The summed E-state index contributed by atoms with van der Waals surface area (Å²) >= 11 is 0. The third-order valence-electron chi connectivity index (χ3n) is 2.61. The number of methoxy groups -OCH3 is 1. The van der Waals surface area contributed by atoms with Crippen molar-refractivity contribution in [1.29, 1.82) is 0 Å². The molecule has 7 nitrogen and oxygen atoms in total. The molecular weight excluding hydrogens is 266 g/mol. The highest BCUT2D eigenvalue weighted by molar-refractivity contribution is 6.04. The standard InChI is InChI=1S/C13H19NO6/c1-13(2,3)20-12(18)14-6-5-9(15)8(7-14)10(16)11(17)19-4/h16H,5-7H2,1-4H3/b10-8+. The summed E-state index contributed by atoms with van der Waals surface area (Å²) in [6, 6.07) is 0. The van der Waals surface area contributed by atoms with E-state index in [1.165, 1.54) is 4.90 Å². The highest BCUT2D eigenvalue weighted by Crippen LogP contribution is 2.18. The molecule has 0 bridgehead atoms. The number of ketones is 1. The van der Waals surface area contributed by atoms with Crippen molar-refractivity contribution in [2.24, 2.45) is 0 Å². The topological polar surface area (TPSA) is 93.1 Å². The van der Waals surface area contributed by atoms with Crippen molar-refractivity contribution >= 4 is 17.8 Å². The van der Waals surface area contributed by atoms with Crippen LogP contribution in [-0.2, 0) is 19.1 Å². The first-order valence-corrected chi connectivity index (χ1v) is 6.17. The van der Waals surface area contributed by atoms with Gasteiger partial charge < -0.3 is 19.5 Å². The summed E-state index contributed by atoms with van der Waals surface area (Å²) in [5, 5.41) is 9.65. The summed E-state index contributed by atoms with van der Waals surface area (Å²) in [6.07, 6.45) is -0.574. The Bertz CT molecular complexity index is 460. The summed E-state index contributed by atoms with van der Waals surface area (Å²) < 4.78 is 9.54. The van der Waals surface area contributed by atoms with Crippen molar-refractivity contribution in [1.82, 2.24) is 4.90 Å². The van der Waals surface area contributed by atoms with Crippen LogP contribution in [0.2, 0.25) is 0 Å². The van der Waals surface area contributed by atoms with Crippen molar-refractivity contribution in [3.05, 3.63) is 11.3 Å². The molecule has 1 rings (SSSR count). The number of aliphatic hydroxyl groups excluding tert-OH is 1. The normalized spacial score (nSPS) is 18.6. The molecule has 7 heteroatoms. The van der Waals surface area contributed by atoms with Crippen LogP contribution in [0, 0.1) is 0 Å². The molecule has 0 radical (unpaired) electrons. The number of carbonyl (C=O) groups is 3. The van der Waals surface area contributed by atoms with Gasteiger partial charge in [0, 0.05) is 13.0 Å². The van der Waals surface area contributed by atoms with E-state index in [1.807, 2.05) is 0 Å². The lowest BCUT2D eigenvalue weighted by molar-refractivity contribution is -0.139. The minimum absolute atomic E-state index is 0.0234. The molecule has 0 spiro atoms. The highest BCUT2D eigenvalue weighted by Gasteiger charge is 2.32. The molecule has 0 atom stereocenters. The summed E-state index contributed by atoms with van der Waals surface area (Å²) in [6.45, 7) is 5.19. The molecule has 0 unspecified atom stereocenters. The molecule has 1 amide bonds. The number of ether oxygens (including phenoxy) is 2. The van der Waals surface area contributed by atoms with Gasteiger partial charge in [0.2, 0.25) is 5.76 Å². The Morgan fingerprint density at radius 3 is 2.40 bits per heavy atom. The minimum atomic E-state index is -1.00. The molecule has 0 aromatic rings. The van der Waals surface area contributed by atoms with Crippen LogP contribution < -0.4 is 0 Å². The molecule has 1 N–H and O–H groups in total. The Morgan fingerprint density at radius 2 is 1.90 bits per heavy atom. The molecule has 0 aromatic carbocycles. The number of amides is 1. The maximum absolute atomic E-state index is 11.9. The zero-order chi connectivity index (χ0) is 15.5. The summed E-state index contributed by atoms with van der Waals surface area (Å²) in [7, 11) is 1.10. The first-order valence-electron chi connectivity index (χ1n) is 6.17. The molecule has 1 heterocycles. The Morgan fingerprint density at radius 1 is 1.30 bits per heavy atom. The van der Waals surface area contributed by atoms with Crippen LogP contribution in [0.15, 0.2) is 11.3 Å². The van der Waals surface area contributed by atoms with Gasteiger partial charge in [-0.05, 0) is 20.8 Å². The molecule has 1 aliphatic heterocycles. The van der Waals surface area contributed by atoms with Crippen LogP contribution in [0.25, 0.3) is 0 Å². The number of piperidine rings is 1. The SMILES string of the molecule is COC(=O)/C(O)=C1/CN(C(=O)OC(C)(C)C)CCC1=O. The maximum Gasteiger partial charge on any atom is 0.410 e. The largest absolute Gasteiger partial charge is 0.501 e. The Balaban J connectivity index is 2.89. The van der Waals surface area contributed by atoms with Crippen molar-refractivity contribution in [3.8, 4) is 0 Å². The third-order valence-corrected chi connectivity index (χ3v) is 2.61. The number of aliphatic hydroxyl groups is 1. The van der Waals surface area contributed by atoms with Gasteiger partial charge >= 0.3 is 12.1 Å². The number of nitrogens with zero attached hydrogens (tertiary/aromatic N) is 1. The molecule has 1 saturated heterocycles. The van der Waals surface area contributed by atoms with Crippen molar-refractivity contribution in [3.63, 3.8) is 0 Å². The minimum Gasteiger partial charge on any atom is -0.501 e. The highest BCUT2D eigenvalue weighted by atomic mass is 16.6. The van der Waals surface area contributed by atoms with Crippen LogP contribution >= 0.6 is 0 Å². The molecule has 1 fully saturated rings. The Labute approximate surface area is 117 Å². The molecular formula is C13H19NO6. The molecule has 20 heavy (non-hydrogen) atoms. The van der Waals surface area contributed by atoms with Crippen LogP contribution in [0.5, 0.6) is 0 Å². The fourth-order valence-corrected chi connectivity index (χ4v) is 1.65. The van der Waals surface area contributed by atoms with Gasteiger partial charge in [-0.15, -0.1) is 0 Å². The summed E-state index contributed by atoms with van der Waals surface area (Å²) in [5.74, 6) is -2.14. The van der Waals surface area contributed by atoms with Crippen LogP contribution in [0.3, 0.4) is 0 Å². The van der Waals surface area contributed by atoms with Crippen LogP contribution in [0.4, 0.5) is 4.79 Å². The first kappa shape index (κ1) is 16.0. The van der Waals surface area contributed by atoms with Crippen LogP contribution in [0.1, 0.15) is 27.2 Å². The zero-order valence-corrected chi connectivity index (χ0v) is 12.1. The van der Waals surface area contributed by atoms with Gasteiger partial charge in [0.1, 0.15) is 5.60 Å². The number of Topliss-reactive ketones (excluding diaryl/α,β-unsaturated/α-hetero) is 1. The first-order chi connectivity index (χ1) is 9.15. The van der Waals surface area contributed by atoms with E-state index in [0.29, 0.717) is 0 Å². The second-order valence-corrected chi connectivity index (χ2v) is 5.39. The van der Waals surface area contributed by atoms with Crippen molar-refractivity contribution in [2.45, 2.75) is 32.8 Å². The van der Waals surface area contributed by atoms with E-state index in [-0.39, 0.29) is 30.9 Å². The summed E-state index contributed by atoms with van der Waals surface area (Å²) in [5.41, 5.74) is -0.791. The van der Waals surface area contributed by atoms with Crippen molar-refractivity contribution < 1.29 is 29.0 Å². The lowest BCUT2D eigenvalue weighted by Gasteiger charge is -2.30. The lowest BCUT2D eigenvalue weighted by Crippen LogP contribution is -2.43. The lowest BCUT2D eigenvalue weighted by atomic mass is 10.0. The molecule has 0 saturated carbocycles. The number of hydrogen-bond donors (Lipinski definition) is 1. The zero-order valence-electron chi connectivity index (χ0n) is 12.1. The fraction of sp³-hybridized carbons (Fsp3) is 0.615. The number of carbonyl (C=O) groups excluding carboxylic acids is 3. The third kappa shape index (κ3) is 3.97. The molecule has 112 valence electrons. The van der Waals surface area contributed by atoms with E-state index in [2.05, 4.69) is 4.74 Å². The fourth-order valence-electron chi connectivity index (χ4n) is 1.65.